The molecule has 2 aliphatic rings. The molecule has 4 atom stereocenters. The highest BCUT2D eigenvalue weighted by Gasteiger charge is 2.48. The zero-order valence-corrected chi connectivity index (χ0v) is 19.1. The summed E-state index contributed by atoms with van der Waals surface area (Å²) >= 11 is 0. The van der Waals surface area contributed by atoms with Gasteiger partial charge in [-0.05, 0) is 41.0 Å². The zero-order chi connectivity index (χ0) is 22.8. The van der Waals surface area contributed by atoms with Crippen LogP contribution in [-0.2, 0) is 11.3 Å². The molecular weight excluding hydrogens is 410 g/mol. The van der Waals surface area contributed by atoms with Crippen LogP contribution < -0.4 is 9.47 Å². The molecule has 5 rings (SSSR count). The Balaban J connectivity index is 1.47. The molecule has 1 amide bonds. The molecule has 1 heterocycles. The zero-order valence-electron chi connectivity index (χ0n) is 19.1. The predicted molar refractivity (Wildman–Crippen MR) is 129 cm³/mol. The van der Waals surface area contributed by atoms with Crippen molar-refractivity contribution in [3.05, 3.63) is 108 Å². The van der Waals surface area contributed by atoms with Crippen LogP contribution in [0.2, 0.25) is 0 Å². The van der Waals surface area contributed by atoms with Crippen molar-refractivity contribution in [3.8, 4) is 11.5 Å². The number of ether oxygens (including phenoxy) is 2. The molecule has 33 heavy (non-hydrogen) atoms. The molecule has 0 radical (unpaired) electrons. The van der Waals surface area contributed by atoms with Crippen LogP contribution >= 0.6 is 0 Å². The van der Waals surface area contributed by atoms with Crippen molar-refractivity contribution < 1.29 is 14.3 Å². The van der Waals surface area contributed by atoms with Crippen LogP contribution in [0.15, 0.2) is 91.0 Å². The first kappa shape index (κ1) is 21.3. The van der Waals surface area contributed by atoms with E-state index in [0.717, 1.165) is 23.6 Å². The van der Waals surface area contributed by atoms with Gasteiger partial charge in [-0.1, -0.05) is 66.7 Å². The Labute approximate surface area is 195 Å². The number of hydrogen-bond acceptors (Lipinski definition) is 3. The number of hydrogen-bond donors (Lipinski definition) is 0. The van der Waals surface area contributed by atoms with Gasteiger partial charge in [-0.2, -0.15) is 0 Å². The SMILES string of the molecule is COc1ccc(CN2C[C@H]3C=C[C@@H](c4ccccc4)[C@@H](c4ccc(OC)cc4)[C@@H]3C2=O)cc1. The Kier molecular flexibility index (Phi) is 5.91. The molecule has 1 fully saturated rings. The summed E-state index contributed by atoms with van der Waals surface area (Å²) < 4.78 is 10.6. The predicted octanol–water partition coefficient (Wildman–Crippen LogP) is 5.42. The Hall–Kier alpha value is -3.53. The summed E-state index contributed by atoms with van der Waals surface area (Å²) in [5, 5.41) is 0. The van der Waals surface area contributed by atoms with Gasteiger partial charge < -0.3 is 14.4 Å². The van der Waals surface area contributed by atoms with Crippen LogP contribution in [0, 0.1) is 11.8 Å². The van der Waals surface area contributed by atoms with Gasteiger partial charge >= 0.3 is 0 Å². The number of methoxy groups -OCH3 is 2. The Bertz CT molecular complexity index is 1120. The molecule has 0 spiro atoms. The van der Waals surface area contributed by atoms with E-state index >= 15 is 0 Å². The molecule has 3 aromatic rings. The van der Waals surface area contributed by atoms with Gasteiger partial charge in [0.05, 0.1) is 20.1 Å². The van der Waals surface area contributed by atoms with E-state index in [2.05, 4.69) is 48.6 Å². The largest absolute Gasteiger partial charge is 0.497 e. The highest BCUT2D eigenvalue weighted by molar-refractivity contribution is 5.83. The number of nitrogens with zero attached hydrogens (tertiary/aromatic N) is 1. The molecule has 0 bridgehead atoms. The molecule has 0 N–H and O–H groups in total. The van der Waals surface area contributed by atoms with Crippen LogP contribution in [-0.4, -0.2) is 31.6 Å². The van der Waals surface area contributed by atoms with Crippen LogP contribution in [0.1, 0.15) is 28.5 Å². The number of carbonyl (C=O) groups excluding carboxylic acids is 1. The smallest absolute Gasteiger partial charge is 0.227 e. The summed E-state index contributed by atoms with van der Waals surface area (Å²) in [7, 11) is 3.34. The number of amides is 1. The van der Waals surface area contributed by atoms with Gasteiger partial charge in [0.2, 0.25) is 5.91 Å². The van der Waals surface area contributed by atoms with Crippen molar-refractivity contribution >= 4 is 5.91 Å². The third-order valence-electron chi connectivity index (χ3n) is 7.05. The minimum absolute atomic E-state index is 0.0770. The number of benzene rings is 3. The molecule has 1 aliphatic heterocycles. The summed E-state index contributed by atoms with van der Waals surface area (Å²) in [4.78, 5) is 15.8. The molecule has 0 unspecified atom stereocenters. The maximum Gasteiger partial charge on any atom is 0.227 e. The number of likely N-dealkylation sites (tertiary alicyclic amines) is 1. The summed E-state index contributed by atoms with van der Waals surface area (Å²) in [5.41, 5.74) is 3.55. The van der Waals surface area contributed by atoms with E-state index in [9.17, 15) is 4.79 Å². The maximum absolute atomic E-state index is 13.8. The van der Waals surface area contributed by atoms with Crippen molar-refractivity contribution in [2.45, 2.75) is 18.4 Å². The van der Waals surface area contributed by atoms with Crippen LogP contribution in [0.25, 0.3) is 0 Å². The topological polar surface area (TPSA) is 38.8 Å². The standard InChI is InChI=1S/C29H29NO3/c1-32-24-13-8-20(9-14-24)18-30-19-23-12-17-26(21-6-4-3-5-7-21)27(28(23)29(30)31)22-10-15-25(33-2)16-11-22/h3-17,23,26-28H,18-19H2,1-2H3/t23-,26+,27-,28-/m1/s1. The van der Waals surface area contributed by atoms with Gasteiger partial charge in [-0.25, -0.2) is 0 Å². The number of allylic oxidation sites excluding steroid dienone is 1. The normalized spacial score (nSPS) is 23.9. The average Bonchev–Trinajstić information content (AvgIpc) is 3.19. The summed E-state index contributed by atoms with van der Waals surface area (Å²) in [6.45, 7) is 1.37. The highest BCUT2D eigenvalue weighted by atomic mass is 16.5. The Morgan fingerprint density at radius 1 is 0.758 bits per heavy atom. The van der Waals surface area contributed by atoms with Gasteiger partial charge in [0, 0.05) is 30.8 Å². The monoisotopic (exact) mass is 439 g/mol. The van der Waals surface area contributed by atoms with E-state index in [1.165, 1.54) is 11.1 Å². The van der Waals surface area contributed by atoms with Crippen molar-refractivity contribution in [3.63, 3.8) is 0 Å². The number of rotatable bonds is 6. The van der Waals surface area contributed by atoms with Crippen molar-refractivity contribution in [2.24, 2.45) is 11.8 Å². The van der Waals surface area contributed by atoms with Crippen molar-refractivity contribution in [2.75, 3.05) is 20.8 Å². The first-order valence-corrected chi connectivity index (χ1v) is 11.5. The molecule has 168 valence electrons. The van der Waals surface area contributed by atoms with E-state index in [1.807, 2.05) is 47.4 Å². The molecule has 1 aliphatic carbocycles. The minimum Gasteiger partial charge on any atom is -0.497 e. The lowest BCUT2D eigenvalue weighted by Crippen LogP contribution is -2.33. The van der Waals surface area contributed by atoms with Gasteiger partial charge in [-0.3, -0.25) is 4.79 Å². The van der Waals surface area contributed by atoms with Gasteiger partial charge in [0.1, 0.15) is 11.5 Å². The average molecular weight is 440 g/mol. The number of fused-ring (bicyclic) bond motifs is 1. The quantitative estimate of drug-likeness (QED) is 0.482. The summed E-state index contributed by atoms with van der Waals surface area (Å²) in [6, 6.07) is 26.7. The second-order valence-electron chi connectivity index (χ2n) is 8.88. The van der Waals surface area contributed by atoms with Gasteiger partial charge in [-0.15, -0.1) is 0 Å². The summed E-state index contributed by atoms with van der Waals surface area (Å²) in [5.74, 6) is 2.27. The van der Waals surface area contributed by atoms with Gasteiger partial charge in [0.25, 0.3) is 0 Å². The van der Waals surface area contributed by atoms with E-state index in [-0.39, 0.29) is 29.6 Å². The highest BCUT2D eigenvalue weighted by Crippen LogP contribution is 2.50. The van der Waals surface area contributed by atoms with Crippen LogP contribution in [0.3, 0.4) is 0 Å². The first-order valence-electron chi connectivity index (χ1n) is 11.5. The fourth-order valence-corrected chi connectivity index (χ4v) is 5.39. The first-order chi connectivity index (χ1) is 16.2. The lowest BCUT2D eigenvalue weighted by atomic mass is 9.66. The van der Waals surface area contributed by atoms with Crippen LogP contribution in [0.5, 0.6) is 11.5 Å². The van der Waals surface area contributed by atoms with E-state index in [0.29, 0.717) is 6.54 Å². The van der Waals surface area contributed by atoms with Crippen molar-refractivity contribution in [1.82, 2.24) is 4.90 Å². The molecule has 4 nitrogen and oxygen atoms in total. The number of carbonyl (C=O) groups is 1. The molecule has 4 heteroatoms. The van der Waals surface area contributed by atoms with E-state index in [4.69, 9.17) is 9.47 Å². The fraction of sp³-hybridized carbons (Fsp3) is 0.276. The lowest BCUT2D eigenvalue weighted by molar-refractivity contribution is -0.132. The van der Waals surface area contributed by atoms with Crippen LogP contribution in [0.4, 0.5) is 0 Å². The minimum atomic E-state index is -0.0770. The third-order valence-corrected chi connectivity index (χ3v) is 7.05. The molecule has 3 aromatic carbocycles. The third kappa shape index (κ3) is 4.13. The Morgan fingerprint density at radius 2 is 1.39 bits per heavy atom. The lowest BCUT2D eigenvalue weighted by Gasteiger charge is -2.35. The van der Waals surface area contributed by atoms with E-state index in [1.54, 1.807) is 14.2 Å². The summed E-state index contributed by atoms with van der Waals surface area (Å²) in [6.07, 6.45) is 4.59. The molecule has 0 aromatic heterocycles. The second-order valence-corrected chi connectivity index (χ2v) is 8.88. The fourth-order valence-electron chi connectivity index (χ4n) is 5.39. The van der Waals surface area contributed by atoms with Gasteiger partial charge in [0.15, 0.2) is 0 Å². The van der Waals surface area contributed by atoms with Crippen molar-refractivity contribution in [1.29, 1.82) is 0 Å². The molecule has 1 saturated heterocycles. The molecular formula is C29H29NO3. The van der Waals surface area contributed by atoms with E-state index < -0.39 is 0 Å². The second kappa shape index (κ2) is 9.14. The molecule has 0 saturated carbocycles. The Morgan fingerprint density at radius 3 is 2.03 bits per heavy atom. The maximum atomic E-state index is 13.8.